The van der Waals surface area contributed by atoms with E-state index in [1.54, 1.807) is 12.7 Å². The van der Waals surface area contributed by atoms with Gasteiger partial charge in [0.05, 0.1) is 5.71 Å². The van der Waals surface area contributed by atoms with Crippen molar-refractivity contribution in [2.45, 2.75) is 19.4 Å². The van der Waals surface area contributed by atoms with Gasteiger partial charge in [-0.3, -0.25) is 4.99 Å². The van der Waals surface area contributed by atoms with Gasteiger partial charge in [0.15, 0.2) is 5.84 Å². The van der Waals surface area contributed by atoms with E-state index >= 15 is 0 Å². The molecule has 0 fully saturated rings. The van der Waals surface area contributed by atoms with Crippen LogP contribution in [0.25, 0.3) is 0 Å². The van der Waals surface area contributed by atoms with Crippen LogP contribution in [-0.2, 0) is 0 Å². The molecule has 4 heteroatoms. The third-order valence-corrected chi connectivity index (χ3v) is 1.74. The Hall–Kier alpha value is -1.32. The first kappa shape index (κ1) is 6.39. The molecule has 2 aliphatic rings. The van der Waals surface area contributed by atoms with Gasteiger partial charge in [0.2, 0.25) is 0 Å². The Morgan fingerprint density at radius 2 is 2.27 bits per heavy atom. The lowest BCUT2D eigenvalue weighted by Gasteiger charge is -2.11. The predicted molar refractivity (Wildman–Crippen MR) is 45.9 cm³/mol. The first-order valence-electron chi connectivity index (χ1n) is 3.60. The molecule has 11 heavy (non-hydrogen) atoms. The summed E-state index contributed by atoms with van der Waals surface area (Å²) in [6.07, 6.45) is 4.00. The Morgan fingerprint density at radius 1 is 1.36 bits per heavy atom. The van der Waals surface area contributed by atoms with Crippen molar-refractivity contribution in [2.24, 2.45) is 20.0 Å². The summed E-state index contributed by atoms with van der Waals surface area (Å²) >= 11 is 0. The van der Waals surface area contributed by atoms with Crippen LogP contribution >= 0.6 is 0 Å². The SMILES string of the molecule is CCC1=NC=NC2=NC=NC12. The molecule has 0 aliphatic carbocycles. The standard InChI is InChI=1S/C7H8N4/c1-2-5-6-7(10-3-8-5)11-4-9-6/h3-4,6H,2H2,1H3. The molecule has 1 atom stereocenters. The fourth-order valence-corrected chi connectivity index (χ4v) is 1.15. The van der Waals surface area contributed by atoms with Crippen molar-refractivity contribution in [1.82, 2.24) is 0 Å². The molecule has 2 aliphatic heterocycles. The molecular formula is C7H8N4. The molecule has 0 N–H and O–H groups in total. The lowest BCUT2D eigenvalue weighted by Crippen LogP contribution is -2.27. The first-order chi connectivity index (χ1) is 5.42. The van der Waals surface area contributed by atoms with Crippen molar-refractivity contribution >= 4 is 24.2 Å². The molecule has 0 saturated heterocycles. The Labute approximate surface area is 64.5 Å². The summed E-state index contributed by atoms with van der Waals surface area (Å²) in [6.45, 7) is 2.06. The predicted octanol–water partition coefficient (Wildman–Crippen LogP) is 0.688. The van der Waals surface area contributed by atoms with E-state index < -0.39 is 0 Å². The number of nitrogens with zero attached hydrogens (tertiary/aromatic N) is 4. The van der Waals surface area contributed by atoms with Crippen LogP contribution in [0.15, 0.2) is 20.0 Å². The van der Waals surface area contributed by atoms with Crippen LogP contribution in [0, 0.1) is 0 Å². The van der Waals surface area contributed by atoms with Crippen molar-refractivity contribution < 1.29 is 0 Å². The topological polar surface area (TPSA) is 49.4 Å². The molecule has 0 radical (unpaired) electrons. The van der Waals surface area contributed by atoms with Crippen LogP contribution in [0.4, 0.5) is 0 Å². The summed E-state index contributed by atoms with van der Waals surface area (Å²) in [6, 6.07) is 0.0185. The molecule has 0 aromatic heterocycles. The minimum Gasteiger partial charge on any atom is -0.256 e. The third kappa shape index (κ3) is 0.906. The van der Waals surface area contributed by atoms with Crippen LogP contribution in [0.1, 0.15) is 13.3 Å². The minimum absolute atomic E-state index is 0.0185. The van der Waals surface area contributed by atoms with Gasteiger partial charge >= 0.3 is 0 Å². The van der Waals surface area contributed by atoms with Gasteiger partial charge in [0, 0.05) is 0 Å². The zero-order valence-corrected chi connectivity index (χ0v) is 6.23. The summed E-state index contributed by atoms with van der Waals surface area (Å²) in [5, 5.41) is 0. The van der Waals surface area contributed by atoms with E-state index in [1.165, 1.54) is 0 Å². The molecule has 0 spiro atoms. The van der Waals surface area contributed by atoms with Crippen molar-refractivity contribution in [3.05, 3.63) is 0 Å². The highest BCUT2D eigenvalue weighted by molar-refractivity contribution is 6.20. The minimum atomic E-state index is 0.0185. The van der Waals surface area contributed by atoms with E-state index in [4.69, 9.17) is 0 Å². The van der Waals surface area contributed by atoms with Crippen molar-refractivity contribution in [3.8, 4) is 0 Å². The number of rotatable bonds is 1. The van der Waals surface area contributed by atoms with Gasteiger partial charge in [-0.2, -0.15) is 0 Å². The zero-order chi connectivity index (χ0) is 7.68. The van der Waals surface area contributed by atoms with E-state index in [0.29, 0.717) is 0 Å². The normalized spacial score (nSPS) is 26.5. The fourth-order valence-electron chi connectivity index (χ4n) is 1.15. The van der Waals surface area contributed by atoms with E-state index in [0.717, 1.165) is 18.0 Å². The van der Waals surface area contributed by atoms with Crippen LogP contribution < -0.4 is 0 Å². The Kier molecular flexibility index (Phi) is 1.38. The van der Waals surface area contributed by atoms with Gasteiger partial charge in [0.1, 0.15) is 18.7 Å². The van der Waals surface area contributed by atoms with Gasteiger partial charge in [0.25, 0.3) is 0 Å². The Bertz CT molecular complexity index is 285. The van der Waals surface area contributed by atoms with E-state index in [2.05, 4.69) is 26.9 Å². The number of hydrogen-bond donors (Lipinski definition) is 0. The van der Waals surface area contributed by atoms with E-state index in [-0.39, 0.29) is 6.04 Å². The number of fused-ring (bicyclic) bond motifs is 1. The number of hydrogen-bond acceptors (Lipinski definition) is 4. The van der Waals surface area contributed by atoms with Crippen molar-refractivity contribution in [3.63, 3.8) is 0 Å². The molecule has 2 rings (SSSR count). The molecular weight excluding hydrogens is 140 g/mol. The first-order valence-corrected chi connectivity index (χ1v) is 3.60. The summed E-state index contributed by atoms with van der Waals surface area (Å²) in [5.74, 6) is 0.775. The molecule has 0 aromatic carbocycles. The number of aliphatic imine (C=N–C) groups is 4. The monoisotopic (exact) mass is 148 g/mol. The van der Waals surface area contributed by atoms with Crippen LogP contribution in [0.2, 0.25) is 0 Å². The Balaban J connectivity index is 2.35. The maximum absolute atomic E-state index is 4.14. The second-order valence-electron chi connectivity index (χ2n) is 2.37. The molecule has 4 nitrogen and oxygen atoms in total. The van der Waals surface area contributed by atoms with Gasteiger partial charge < -0.3 is 0 Å². The smallest absolute Gasteiger partial charge is 0.162 e. The third-order valence-electron chi connectivity index (χ3n) is 1.74. The second kappa shape index (κ2) is 2.38. The van der Waals surface area contributed by atoms with E-state index in [1.807, 2.05) is 0 Å². The average molecular weight is 148 g/mol. The molecule has 0 amide bonds. The Morgan fingerprint density at radius 3 is 3.09 bits per heavy atom. The van der Waals surface area contributed by atoms with Gasteiger partial charge in [-0.25, -0.2) is 15.0 Å². The van der Waals surface area contributed by atoms with Gasteiger partial charge in [-0.1, -0.05) is 6.92 Å². The maximum Gasteiger partial charge on any atom is 0.162 e. The average Bonchev–Trinajstić information content (AvgIpc) is 2.50. The lowest BCUT2D eigenvalue weighted by atomic mass is 10.1. The van der Waals surface area contributed by atoms with E-state index in [9.17, 15) is 0 Å². The molecule has 1 unspecified atom stereocenters. The van der Waals surface area contributed by atoms with Gasteiger partial charge in [-0.15, -0.1) is 0 Å². The highest BCUT2D eigenvalue weighted by Crippen LogP contribution is 2.10. The van der Waals surface area contributed by atoms with Crippen LogP contribution in [-0.4, -0.2) is 30.3 Å². The summed E-state index contributed by atoms with van der Waals surface area (Å²) in [4.78, 5) is 16.3. The zero-order valence-electron chi connectivity index (χ0n) is 6.23. The summed E-state index contributed by atoms with van der Waals surface area (Å²) in [7, 11) is 0. The lowest BCUT2D eigenvalue weighted by molar-refractivity contribution is 1.08. The molecule has 0 saturated carbocycles. The highest BCUT2D eigenvalue weighted by Gasteiger charge is 2.24. The molecule has 0 bridgehead atoms. The van der Waals surface area contributed by atoms with Crippen molar-refractivity contribution in [1.29, 1.82) is 0 Å². The fraction of sp³-hybridized carbons (Fsp3) is 0.429. The van der Waals surface area contributed by atoms with Crippen molar-refractivity contribution in [2.75, 3.05) is 0 Å². The largest absolute Gasteiger partial charge is 0.256 e. The summed E-state index contributed by atoms with van der Waals surface area (Å²) in [5.41, 5.74) is 1.05. The second-order valence-corrected chi connectivity index (χ2v) is 2.37. The van der Waals surface area contributed by atoms with Crippen LogP contribution in [0.5, 0.6) is 0 Å². The molecule has 56 valence electrons. The number of amidine groups is 1. The van der Waals surface area contributed by atoms with Crippen LogP contribution in [0.3, 0.4) is 0 Å². The molecule has 0 aromatic rings. The molecule has 2 heterocycles. The summed E-state index contributed by atoms with van der Waals surface area (Å²) < 4.78 is 0. The highest BCUT2D eigenvalue weighted by atomic mass is 15.1. The quantitative estimate of drug-likeness (QED) is 0.525. The maximum atomic E-state index is 4.14. The van der Waals surface area contributed by atoms with Gasteiger partial charge in [-0.05, 0) is 6.42 Å².